The Balaban J connectivity index is 1.87. The Labute approximate surface area is 122 Å². The molecular formula is C14H17FN6. The third-order valence-corrected chi connectivity index (χ3v) is 3.33. The molecule has 1 saturated heterocycles. The Morgan fingerprint density at radius 3 is 2.62 bits per heavy atom. The molecule has 0 amide bonds. The molecule has 6 nitrogen and oxygen atoms in total. The predicted octanol–water partition coefficient (Wildman–Crippen LogP) is 2.25. The lowest BCUT2D eigenvalue weighted by Gasteiger charge is -2.16. The molecule has 0 atom stereocenters. The van der Waals surface area contributed by atoms with E-state index in [-0.39, 0.29) is 11.8 Å². The fourth-order valence-electron chi connectivity index (χ4n) is 2.43. The third kappa shape index (κ3) is 3.18. The number of nitrogens with one attached hydrogen (secondary N) is 1. The smallest absolute Gasteiger partial charge is 0.233 e. The summed E-state index contributed by atoms with van der Waals surface area (Å²) in [6.07, 6.45) is 2.24. The van der Waals surface area contributed by atoms with Crippen LogP contribution >= 0.6 is 0 Å². The van der Waals surface area contributed by atoms with E-state index in [0.29, 0.717) is 17.6 Å². The first-order valence-corrected chi connectivity index (χ1v) is 6.91. The molecular weight excluding hydrogens is 271 g/mol. The van der Waals surface area contributed by atoms with Crippen molar-refractivity contribution in [3.8, 4) is 0 Å². The lowest BCUT2D eigenvalue weighted by molar-refractivity contribution is 0.627. The summed E-state index contributed by atoms with van der Waals surface area (Å²) in [6.45, 7) is 3.66. The van der Waals surface area contributed by atoms with Crippen LogP contribution in [-0.2, 0) is 0 Å². The third-order valence-electron chi connectivity index (χ3n) is 3.33. The number of halogens is 1. The number of nitrogens with zero attached hydrogens (tertiary/aromatic N) is 4. The zero-order valence-corrected chi connectivity index (χ0v) is 11.8. The Hall–Kier alpha value is -2.44. The largest absolute Gasteiger partial charge is 0.368 e. The average Bonchev–Trinajstić information content (AvgIpc) is 2.90. The molecule has 0 aliphatic carbocycles. The summed E-state index contributed by atoms with van der Waals surface area (Å²) in [5.74, 6) is 0.742. The van der Waals surface area contributed by atoms with E-state index in [1.807, 2.05) is 13.0 Å². The zero-order chi connectivity index (χ0) is 14.8. The van der Waals surface area contributed by atoms with Crippen molar-refractivity contribution in [2.75, 3.05) is 29.0 Å². The first-order chi connectivity index (χ1) is 10.1. The Morgan fingerprint density at radius 1 is 1.14 bits per heavy atom. The highest BCUT2D eigenvalue weighted by atomic mass is 19.1. The van der Waals surface area contributed by atoms with Crippen molar-refractivity contribution in [3.05, 3.63) is 29.6 Å². The minimum Gasteiger partial charge on any atom is -0.368 e. The minimum absolute atomic E-state index is 0.155. The maximum atomic E-state index is 13.4. The van der Waals surface area contributed by atoms with E-state index in [1.165, 1.54) is 12.1 Å². The van der Waals surface area contributed by atoms with Crippen molar-refractivity contribution in [2.24, 2.45) is 0 Å². The summed E-state index contributed by atoms with van der Waals surface area (Å²) in [5.41, 5.74) is 7.14. The maximum absolute atomic E-state index is 13.4. The van der Waals surface area contributed by atoms with E-state index in [0.717, 1.165) is 31.5 Å². The molecule has 1 aromatic carbocycles. The van der Waals surface area contributed by atoms with Crippen LogP contribution < -0.4 is 16.0 Å². The summed E-state index contributed by atoms with van der Waals surface area (Å²) in [4.78, 5) is 14.6. The van der Waals surface area contributed by atoms with Crippen molar-refractivity contribution >= 4 is 23.5 Å². The fourth-order valence-corrected chi connectivity index (χ4v) is 2.43. The number of nitrogens with two attached hydrogens (primary N) is 1. The van der Waals surface area contributed by atoms with E-state index in [1.54, 1.807) is 0 Å². The molecule has 0 spiro atoms. The zero-order valence-electron chi connectivity index (χ0n) is 11.8. The molecule has 7 heteroatoms. The quantitative estimate of drug-likeness (QED) is 0.901. The Kier molecular flexibility index (Phi) is 3.55. The van der Waals surface area contributed by atoms with E-state index >= 15 is 0 Å². The van der Waals surface area contributed by atoms with Gasteiger partial charge in [0.15, 0.2) is 0 Å². The van der Waals surface area contributed by atoms with Gasteiger partial charge in [-0.05, 0) is 43.5 Å². The molecule has 0 radical (unpaired) electrons. The SMILES string of the molecule is Cc1cc(F)cc(Nc2nc(N)nc(N3CCCC3)n2)c1. The van der Waals surface area contributed by atoms with Gasteiger partial charge in [0.2, 0.25) is 17.8 Å². The highest BCUT2D eigenvalue weighted by Crippen LogP contribution is 2.21. The van der Waals surface area contributed by atoms with Gasteiger partial charge >= 0.3 is 0 Å². The van der Waals surface area contributed by atoms with Gasteiger partial charge in [-0.15, -0.1) is 0 Å². The van der Waals surface area contributed by atoms with E-state index in [9.17, 15) is 4.39 Å². The minimum atomic E-state index is -0.306. The summed E-state index contributed by atoms with van der Waals surface area (Å²) in [6, 6.07) is 4.67. The molecule has 1 aliphatic heterocycles. The van der Waals surface area contributed by atoms with Crippen LogP contribution in [0.25, 0.3) is 0 Å². The summed E-state index contributed by atoms with van der Waals surface area (Å²) in [5, 5.41) is 2.98. The van der Waals surface area contributed by atoms with Gasteiger partial charge in [-0.25, -0.2) is 4.39 Å². The van der Waals surface area contributed by atoms with Gasteiger partial charge in [0.25, 0.3) is 0 Å². The number of benzene rings is 1. The van der Waals surface area contributed by atoms with E-state index in [4.69, 9.17) is 5.73 Å². The molecule has 21 heavy (non-hydrogen) atoms. The first kappa shape index (κ1) is 13.5. The van der Waals surface area contributed by atoms with Crippen molar-refractivity contribution in [1.82, 2.24) is 15.0 Å². The molecule has 2 aromatic rings. The van der Waals surface area contributed by atoms with Crippen molar-refractivity contribution in [1.29, 1.82) is 0 Å². The van der Waals surface area contributed by atoms with Crippen LogP contribution in [0.5, 0.6) is 0 Å². The van der Waals surface area contributed by atoms with Crippen LogP contribution in [0.3, 0.4) is 0 Å². The lowest BCUT2D eigenvalue weighted by atomic mass is 10.2. The number of aryl methyl sites for hydroxylation is 1. The second-order valence-corrected chi connectivity index (χ2v) is 5.15. The molecule has 0 saturated carbocycles. The van der Waals surface area contributed by atoms with Crippen molar-refractivity contribution in [2.45, 2.75) is 19.8 Å². The van der Waals surface area contributed by atoms with Gasteiger partial charge in [0.1, 0.15) is 5.82 Å². The Bertz CT molecular complexity index is 634. The highest BCUT2D eigenvalue weighted by Gasteiger charge is 2.16. The molecule has 1 aliphatic rings. The van der Waals surface area contributed by atoms with E-state index < -0.39 is 0 Å². The standard InChI is InChI=1S/C14H17FN6/c1-9-6-10(15)8-11(7-9)17-13-18-12(16)19-14(20-13)21-4-2-3-5-21/h6-8H,2-5H2,1H3,(H3,16,17,18,19,20). The van der Waals surface area contributed by atoms with Crippen LogP contribution in [-0.4, -0.2) is 28.0 Å². The van der Waals surface area contributed by atoms with Crippen molar-refractivity contribution < 1.29 is 4.39 Å². The predicted molar refractivity (Wildman–Crippen MR) is 80.1 cm³/mol. The second kappa shape index (κ2) is 5.51. The molecule has 110 valence electrons. The van der Waals surface area contributed by atoms with Gasteiger partial charge in [-0.1, -0.05) is 0 Å². The van der Waals surface area contributed by atoms with Crippen LogP contribution in [0, 0.1) is 12.7 Å². The topological polar surface area (TPSA) is 80.0 Å². The second-order valence-electron chi connectivity index (χ2n) is 5.15. The van der Waals surface area contributed by atoms with Crippen LogP contribution in [0.15, 0.2) is 18.2 Å². The molecule has 3 rings (SSSR count). The van der Waals surface area contributed by atoms with Crippen molar-refractivity contribution in [3.63, 3.8) is 0 Å². The van der Waals surface area contributed by atoms with Gasteiger partial charge < -0.3 is 16.0 Å². The summed E-state index contributed by atoms with van der Waals surface area (Å²) >= 11 is 0. The van der Waals surface area contributed by atoms with Crippen LogP contribution in [0.4, 0.5) is 27.9 Å². The van der Waals surface area contributed by atoms with Crippen LogP contribution in [0.2, 0.25) is 0 Å². The van der Waals surface area contributed by atoms with Gasteiger partial charge in [-0.3, -0.25) is 0 Å². The highest BCUT2D eigenvalue weighted by molar-refractivity contribution is 5.56. The van der Waals surface area contributed by atoms with Crippen LogP contribution in [0.1, 0.15) is 18.4 Å². The molecule has 0 unspecified atom stereocenters. The molecule has 1 fully saturated rings. The fraction of sp³-hybridized carbons (Fsp3) is 0.357. The summed E-state index contributed by atoms with van der Waals surface area (Å²) < 4.78 is 13.4. The Morgan fingerprint density at radius 2 is 1.90 bits per heavy atom. The number of aromatic nitrogens is 3. The summed E-state index contributed by atoms with van der Waals surface area (Å²) in [7, 11) is 0. The molecule has 0 bridgehead atoms. The van der Waals surface area contributed by atoms with E-state index in [2.05, 4.69) is 25.2 Å². The monoisotopic (exact) mass is 288 g/mol. The molecule has 1 aromatic heterocycles. The molecule has 2 heterocycles. The normalized spacial score (nSPS) is 14.5. The van der Waals surface area contributed by atoms with Gasteiger partial charge in [0.05, 0.1) is 0 Å². The molecule has 3 N–H and O–H groups in total. The first-order valence-electron chi connectivity index (χ1n) is 6.91. The number of hydrogen-bond acceptors (Lipinski definition) is 6. The van der Waals surface area contributed by atoms with Gasteiger partial charge in [0, 0.05) is 18.8 Å². The van der Waals surface area contributed by atoms with Gasteiger partial charge in [-0.2, -0.15) is 15.0 Å². The average molecular weight is 288 g/mol. The number of anilines is 4. The lowest BCUT2D eigenvalue weighted by Crippen LogP contribution is -2.21. The maximum Gasteiger partial charge on any atom is 0.233 e. The number of nitrogen functional groups attached to an aromatic ring is 1. The number of rotatable bonds is 3. The number of hydrogen-bond donors (Lipinski definition) is 2.